The number of nitrogens with two attached hydrogens (primary N) is 1. The molecule has 0 aromatic carbocycles. The fourth-order valence-electron chi connectivity index (χ4n) is 1.90. The van der Waals surface area contributed by atoms with Crippen molar-refractivity contribution in [3.8, 4) is 0 Å². The third-order valence-corrected chi connectivity index (χ3v) is 5.27. The van der Waals surface area contributed by atoms with Crippen LogP contribution in [0.2, 0.25) is 0 Å². The minimum absolute atomic E-state index is 0.139. The summed E-state index contributed by atoms with van der Waals surface area (Å²) in [4.78, 5) is 35.1. The number of ether oxygens (including phenoxy) is 1. The van der Waals surface area contributed by atoms with Crippen molar-refractivity contribution in [1.82, 2.24) is 4.90 Å². The highest BCUT2D eigenvalue weighted by molar-refractivity contribution is 9.10. The van der Waals surface area contributed by atoms with Crippen molar-refractivity contribution in [3.63, 3.8) is 0 Å². The number of esters is 1. The van der Waals surface area contributed by atoms with Gasteiger partial charge in [-0.25, -0.2) is 4.79 Å². The van der Waals surface area contributed by atoms with Crippen LogP contribution in [0.1, 0.15) is 6.92 Å². The molecule has 9 heteroatoms. The SMILES string of the molecule is CC(=O)OCC1=C(C(=O)O)N2C(=O)[C@@](N)(Br)[C@H]2SC1. The number of carbonyl (C=O) groups is 3. The van der Waals surface area contributed by atoms with Crippen molar-refractivity contribution in [1.29, 1.82) is 0 Å². The van der Waals surface area contributed by atoms with E-state index in [-0.39, 0.29) is 12.3 Å². The third-order valence-electron chi connectivity index (χ3n) is 2.78. The molecule has 3 N–H and O–H groups in total. The molecular formula is C10H11BrN2O5S. The van der Waals surface area contributed by atoms with E-state index >= 15 is 0 Å². The molecule has 7 nitrogen and oxygen atoms in total. The Morgan fingerprint density at radius 3 is 2.84 bits per heavy atom. The maximum absolute atomic E-state index is 11.9. The molecule has 2 atom stereocenters. The fraction of sp³-hybridized carbons (Fsp3) is 0.500. The van der Waals surface area contributed by atoms with Crippen LogP contribution in [0.25, 0.3) is 0 Å². The Balaban J connectivity index is 2.30. The average molecular weight is 351 g/mol. The second kappa shape index (κ2) is 4.80. The van der Waals surface area contributed by atoms with Crippen LogP contribution in [0.4, 0.5) is 0 Å². The molecule has 0 spiro atoms. The number of carbonyl (C=O) groups excluding carboxylic acids is 2. The summed E-state index contributed by atoms with van der Waals surface area (Å²) in [5.74, 6) is -1.91. The largest absolute Gasteiger partial charge is 0.477 e. The number of halogens is 1. The molecule has 0 aliphatic carbocycles. The smallest absolute Gasteiger partial charge is 0.352 e. The van der Waals surface area contributed by atoms with E-state index in [1.807, 2.05) is 0 Å². The first kappa shape index (κ1) is 14.4. The minimum Gasteiger partial charge on any atom is -0.477 e. The van der Waals surface area contributed by atoms with Gasteiger partial charge >= 0.3 is 11.9 Å². The van der Waals surface area contributed by atoms with Crippen LogP contribution in [0.15, 0.2) is 11.3 Å². The molecule has 0 unspecified atom stereocenters. The number of nitrogens with zero attached hydrogens (tertiary/aromatic N) is 1. The Kier molecular flexibility index (Phi) is 3.63. The van der Waals surface area contributed by atoms with Crippen LogP contribution in [-0.2, 0) is 19.1 Å². The zero-order valence-electron chi connectivity index (χ0n) is 9.88. The van der Waals surface area contributed by atoms with Crippen LogP contribution in [0.5, 0.6) is 0 Å². The number of amides is 1. The predicted molar refractivity (Wildman–Crippen MR) is 70.2 cm³/mol. The van der Waals surface area contributed by atoms with Crippen molar-refractivity contribution in [2.45, 2.75) is 16.7 Å². The van der Waals surface area contributed by atoms with E-state index in [0.717, 1.165) is 4.90 Å². The average Bonchev–Trinajstić information content (AvgIpc) is 2.34. The molecular weight excluding hydrogens is 340 g/mol. The standard InChI is InChI=1S/C10H11BrN2O5S/c1-4(14)18-2-5-3-19-9-10(11,12)8(17)13(9)6(5)7(15)16/h9H,2-3,12H2,1H3,(H,15,16)/t9-,10+/m1/s1. The van der Waals surface area contributed by atoms with Crippen LogP contribution in [-0.4, -0.2) is 50.0 Å². The molecule has 2 heterocycles. The van der Waals surface area contributed by atoms with E-state index in [1.165, 1.54) is 18.7 Å². The number of carboxylic acid groups (broad SMARTS) is 1. The van der Waals surface area contributed by atoms with Crippen molar-refractivity contribution >= 4 is 45.5 Å². The van der Waals surface area contributed by atoms with Crippen molar-refractivity contribution < 1.29 is 24.2 Å². The van der Waals surface area contributed by atoms with E-state index in [0.29, 0.717) is 11.3 Å². The highest BCUT2D eigenvalue weighted by atomic mass is 79.9. The van der Waals surface area contributed by atoms with Gasteiger partial charge in [-0.05, 0) is 0 Å². The Morgan fingerprint density at radius 1 is 1.68 bits per heavy atom. The fourth-order valence-corrected chi connectivity index (χ4v) is 3.97. The Labute approximate surface area is 121 Å². The molecule has 0 bridgehead atoms. The van der Waals surface area contributed by atoms with Gasteiger partial charge in [0.25, 0.3) is 5.91 Å². The summed E-state index contributed by atoms with van der Waals surface area (Å²) in [6.45, 7) is 1.10. The van der Waals surface area contributed by atoms with Crippen LogP contribution in [0, 0.1) is 0 Å². The molecule has 2 rings (SSSR count). The summed E-state index contributed by atoms with van der Waals surface area (Å²) in [6.07, 6.45) is 0. The van der Waals surface area contributed by atoms with Gasteiger partial charge in [-0.2, -0.15) is 0 Å². The van der Waals surface area contributed by atoms with Gasteiger partial charge in [0.2, 0.25) is 0 Å². The van der Waals surface area contributed by atoms with Crippen molar-refractivity contribution in [2.75, 3.05) is 12.4 Å². The van der Waals surface area contributed by atoms with Gasteiger partial charge in [0, 0.05) is 18.2 Å². The lowest BCUT2D eigenvalue weighted by Gasteiger charge is -2.52. The summed E-state index contributed by atoms with van der Waals surface area (Å²) in [5, 5.41) is 8.76. The molecule has 2 aliphatic heterocycles. The lowest BCUT2D eigenvalue weighted by molar-refractivity contribution is -0.149. The van der Waals surface area contributed by atoms with Crippen LogP contribution < -0.4 is 5.73 Å². The lowest BCUT2D eigenvalue weighted by atomic mass is 10.0. The first-order chi connectivity index (χ1) is 8.76. The number of aliphatic carboxylic acids is 1. The first-order valence-electron chi connectivity index (χ1n) is 5.28. The number of thioether (sulfide) groups is 1. The molecule has 1 saturated heterocycles. The zero-order chi connectivity index (χ0) is 14.4. The Hall–Kier alpha value is -1.06. The second-order valence-corrected chi connectivity index (χ2v) is 6.52. The maximum Gasteiger partial charge on any atom is 0.352 e. The second-order valence-electron chi connectivity index (χ2n) is 4.14. The molecule has 2 aliphatic rings. The minimum atomic E-state index is -1.23. The molecule has 0 radical (unpaired) electrons. The van der Waals surface area contributed by atoms with Crippen LogP contribution >= 0.6 is 27.7 Å². The quantitative estimate of drug-likeness (QED) is 0.315. The summed E-state index contributed by atoms with van der Waals surface area (Å²) >= 11 is 4.42. The number of hydrogen-bond acceptors (Lipinski definition) is 6. The Morgan fingerprint density at radius 2 is 2.32 bits per heavy atom. The first-order valence-corrected chi connectivity index (χ1v) is 7.12. The molecule has 1 fully saturated rings. The number of hydrogen-bond donors (Lipinski definition) is 2. The van der Waals surface area contributed by atoms with E-state index in [1.54, 1.807) is 0 Å². The summed E-state index contributed by atoms with van der Waals surface area (Å²) < 4.78 is 3.57. The summed E-state index contributed by atoms with van der Waals surface area (Å²) in [5.41, 5.74) is 6.00. The molecule has 0 aromatic rings. The van der Waals surface area contributed by atoms with Gasteiger partial charge in [0.05, 0.1) is 0 Å². The van der Waals surface area contributed by atoms with Crippen molar-refractivity contribution in [2.24, 2.45) is 5.73 Å². The topological polar surface area (TPSA) is 110 Å². The van der Waals surface area contributed by atoms with Crippen LogP contribution in [0.3, 0.4) is 0 Å². The van der Waals surface area contributed by atoms with Gasteiger partial charge in [-0.1, -0.05) is 15.9 Å². The number of rotatable bonds is 3. The summed E-state index contributed by atoms with van der Waals surface area (Å²) in [7, 11) is 0. The van der Waals surface area contributed by atoms with E-state index in [9.17, 15) is 19.5 Å². The van der Waals surface area contributed by atoms with Gasteiger partial charge in [-0.15, -0.1) is 11.8 Å². The van der Waals surface area contributed by atoms with Gasteiger partial charge in [0.1, 0.15) is 17.7 Å². The number of β-lactam (4-membered cyclic amide) rings is 1. The van der Waals surface area contributed by atoms with Gasteiger partial charge in [-0.3, -0.25) is 14.5 Å². The summed E-state index contributed by atoms with van der Waals surface area (Å²) in [6, 6.07) is 0. The van der Waals surface area contributed by atoms with Gasteiger partial charge < -0.3 is 15.6 Å². The monoisotopic (exact) mass is 350 g/mol. The van der Waals surface area contributed by atoms with Crippen molar-refractivity contribution in [3.05, 3.63) is 11.3 Å². The molecule has 19 heavy (non-hydrogen) atoms. The highest BCUT2D eigenvalue weighted by Crippen LogP contribution is 2.47. The normalized spacial score (nSPS) is 29.7. The molecule has 0 aromatic heterocycles. The highest BCUT2D eigenvalue weighted by Gasteiger charge is 2.61. The Bertz CT molecular complexity index is 504. The van der Waals surface area contributed by atoms with Gasteiger partial charge in [0.15, 0.2) is 4.45 Å². The van der Waals surface area contributed by atoms with E-state index in [2.05, 4.69) is 15.9 Å². The molecule has 0 saturated carbocycles. The molecule has 104 valence electrons. The zero-order valence-corrected chi connectivity index (χ0v) is 12.3. The molecule has 1 amide bonds. The number of alkyl halides is 1. The lowest BCUT2D eigenvalue weighted by Crippen LogP contribution is -2.74. The third kappa shape index (κ3) is 2.26. The number of carboxylic acids is 1. The van der Waals surface area contributed by atoms with E-state index < -0.39 is 27.7 Å². The van der Waals surface area contributed by atoms with E-state index in [4.69, 9.17) is 10.5 Å². The maximum atomic E-state index is 11.9. The number of fused-ring (bicyclic) bond motifs is 1. The predicted octanol–water partition coefficient (Wildman–Crippen LogP) is -0.147.